The zero-order valence-electron chi connectivity index (χ0n) is 44.1. The molecule has 0 unspecified atom stereocenters. The van der Waals surface area contributed by atoms with Crippen molar-refractivity contribution in [2.24, 2.45) is 0 Å². The summed E-state index contributed by atoms with van der Waals surface area (Å²) in [5.41, 5.74) is 23.3. The first-order valence-electron chi connectivity index (χ1n) is 26.0. The Morgan fingerprint density at radius 1 is 0.324 bits per heavy atom. The van der Waals surface area contributed by atoms with Crippen LogP contribution in [0.2, 0.25) is 0 Å². The normalized spacial score (nSPS) is 15.5. The molecule has 0 saturated carbocycles. The van der Waals surface area contributed by atoms with E-state index in [2.05, 4.69) is 270 Å². The van der Waals surface area contributed by atoms with E-state index >= 15 is 0 Å². The fourth-order valence-electron chi connectivity index (χ4n) is 13.1. The summed E-state index contributed by atoms with van der Waals surface area (Å²) in [6.45, 7) is 31.2. The van der Waals surface area contributed by atoms with Crippen LogP contribution in [-0.2, 0) is 27.1 Å². The second-order valence-corrected chi connectivity index (χ2v) is 25.0. The molecular formula is C68H67BN2. The van der Waals surface area contributed by atoms with Gasteiger partial charge in [0.05, 0.1) is 34.1 Å². The quantitative estimate of drug-likeness (QED) is 0.163. The fourth-order valence-corrected chi connectivity index (χ4v) is 13.1. The van der Waals surface area contributed by atoms with Crippen molar-refractivity contribution in [3.8, 4) is 11.1 Å². The number of benzene rings is 9. The highest BCUT2D eigenvalue weighted by Crippen LogP contribution is 2.55. The minimum atomic E-state index is -0.165. The van der Waals surface area contributed by atoms with Gasteiger partial charge in [0.2, 0.25) is 6.71 Å². The molecule has 3 heteroatoms. The predicted molar refractivity (Wildman–Crippen MR) is 308 cm³/mol. The standard InChI is InChI=1S/C68H67BN2/c1-64(2,3)42-39-53(65(4,5)6)63(54(40-42)66(7,8)9)69-61-46-27-24-36-55(70-56-32-20-16-28-49(56)67(10,11)50-29-17-21-33-57(50)70)44(46)37-38-47(61)48-41-60(43-25-14-15-26-45(43)62(48)69)71-58-34-22-18-30-51(58)68(12,13)52-31-19-23-35-59(52)71/h14-41H,1-13H3. The maximum Gasteiger partial charge on any atom is 0.245 e. The van der Waals surface area contributed by atoms with Gasteiger partial charge in [0.15, 0.2) is 0 Å². The van der Waals surface area contributed by atoms with E-state index < -0.39 is 0 Å². The molecule has 12 rings (SSSR count). The number of hydrogen-bond acceptors (Lipinski definition) is 2. The molecule has 0 aromatic heterocycles. The Bertz CT molecular complexity index is 3540. The summed E-state index contributed by atoms with van der Waals surface area (Å²) < 4.78 is 0. The molecular weight excluding hydrogens is 856 g/mol. The molecule has 0 fully saturated rings. The molecule has 352 valence electrons. The second kappa shape index (κ2) is 15.3. The van der Waals surface area contributed by atoms with Gasteiger partial charge in [-0.15, -0.1) is 0 Å². The number of fused-ring (bicyclic) bond motifs is 11. The largest absolute Gasteiger partial charge is 0.309 e. The number of nitrogens with zero attached hydrogens (tertiary/aromatic N) is 2. The van der Waals surface area contributed by atoms with Crippen molar-refractivity contribution in [1.82, 2.24) is 0 Å². The van der Waals surface area contributed by atoms with Gasteiger partial charge in [-0.25, -0.2) is 0 Å². The Balaban J connectivity index is 1.22. The smallest absolute Gasteiger partial charge is 0.245 e. The third kappa shape index (κ3) is 6.60. The highest BCUT2D eigenvalue weighted by Gasteiger charge is 2.45. The van der Waals surface area contributed by atoms with E-state index in [1.165, 1.54) is 122 Å². The highest BCUT2D eigenvalue weighted by molar-refractivity contribution is 7.02. The van der Waals surface area contributed by atoms with Crippen LogP contribution in [0.1, 0.15) is 129 Å². The monoisotopic (exact) mass is 923 g/mol. The zero-order valence-corrected chi connectivity index (χ0v) is 44.1. The summed E-state index contributed by atoms with van der Waals surface area (Å²) in [6.07, 6.45) is 0. The van der Waals surface area contributed by atoms with E-state index in [9.17, 15) is 0 Å². The molecule has 0 spiro atoms. The summed E-state index contributed by atoms with van der Waals surface area (Å²) in [5.74, 6) is 0. The molecule has 0 atom stereocenters. The van der Waals surface area contributed by atoms with Crippen molar-refractivity contribution in [3.63, 3.8) is 0 Å². The topological polar surface area (TPSA) is 6.48 Å². The Labute approximate surface area is 423 Å². The van der Waals surface area contributed by atoms with Gasteiger partial charge in [-0.1, -0.05) is 240 Å². The Morgan fingerprint density at radius 3 is 1.14 bits per heavy atom. The number of anilines is 6. The van der Waals surface area contributed by atoms with Gasteiger partial charge in [0.1, 0.15) is 0 Å². The van der Waals surface area contributed by atoms with Crippen molar-refractivity contribution in [3.05, 3.63) is 209 Å². The summed E-state index contributed by atoms with van der Waals surface area (Å²) >= 11 is 0. The third-order valence-corrected chi connectivity index (χ3v) is 16.7. The first kappa shape index (κ1) is 45.3. The fraction of sp³-hybridized carbons (Fsp3) is 0.265. The molecule has 9 aromatic rings. The van der Waals surface area contributed by atoms with Crippen LogP contribution in [0, 0.1) is 0 Å². The molecule has 3 aliphatic heterocycles. The van der Waals surface area contributed by atoms with Crippen molar-refractivity contribution in [2.45, 2.75) is 117 Å². The maximum atomic E-state index is 2.59. The molecule has 9 aromatic carbocycles. The summed E-state index contributed by atoms with van der Waals surface area (Å²) in [5, 5.41) is 5.15. The molecule has 0 radical (unpaired) electrons. The predicted octanol–water partition coefficient (Wildman–Crippen LogP) is 16.6. The van der Waals surface area contributed by atoms with Crippen LogP contribution >= 0.6 is 0 Å². The van der Waals surface area contributed by atoms with E-state index in [1.807, 2.05) is 0 Å². The molecule has 0 aliphatic carbocycles. The molecule has 3 aliphatic rings. The van der Waals surface area contributed by atoms with Crippen molar-refractivity contribution < 1.29 is 0 Å². The summed E-state index contributed by atoms with van der Waals surface area (Å²) in [6, 6.07) is 65.5. The first-order valence-corrected chi connectivity index (χ1v) is 26.0. The Morgan fingerprint density at radius 2 is 0.690 bits per heavy atom. The molecule has 0 amide bonds. The molecule has 0 saturated heterocycles. The lowest BCUT2D eigenvalue weighted by atomic mass is 9.35. The van der Waals surface area contributed by atoms with E-state index in [4.69, 9.17) is 0 Å². The van der Waals surface area contributed by atoms with Crippen LogP contribution in [0.15, 0.2) is 170 Å². The van der Waals surface area contributed by atoms with Gasteiger partial charge in [0, 0.05) is 21.6 Å². The van der Waals surface area contributed by atoms with E-state index in [0.717, 1.165) is 0 Å². The van der Waals surface area contributed by atoms with Crippen LogP contribution in [0.3, 0.4) is 0 Å². The van der Waals surface area contributed by atoms with E-state index in [0.29, 0.717) is 0 Å². The lowest BCUT2D eigenvalue weighted by Gasteiger charge is -2.42. The van der Waals surface area contributed by atoms with Gasteiger partial charge in [-0.2, -0.15) is 0 Å². The first-order chi connectivity index (χ1) is 33.7. The highest BCUT2D eigenvalue weighted by atomic mass is 15.2. The van der Waals surface area contributed by atoms with Crippen molar-refractivity contribution in [2.75, 3.05) is 9.80 Å². The molecule has 0 N–H and O–H groups in total. The molecule has 0 bridgehead atoms. The minimum Gasteiger partial charge on any atom is -0.309 e. The SMILES string of the molecule is CC(C)(C)c1cc(C(C)(C)C)c(B2c3c(ccc4c(N5c6ccccc6C(C)(C)c6ccccc65)cccc34)-c3cc(N4c5ccccc5C(C)(C)c5ccccc54)c4ccccc4c32)c(C(C)(C)C)c1. The minimum absolute atomic E-state index is 0.0294. The molecule has 3 heterocycles. The van der Waals surface area contributed by atoms with Crippen LogP contribution in [0.25, 0.3) is 32.7 Å². The summed E-state index contributed by atoms with van der Waals surface area (Å²) in [4.78, 5) is 5.14. The number of para-hydroxylation sites is 4. The van der Waals surface area contributed by atoms with Crippen molar-refractivity contribution in [1.29, 1.82) is 0 Å². The lowest BCUT2D eigenvalue weighted by molar-refractivity contribution is 0.553. The Kier molecular flexibility index (Phi) is 9.79. The van der Waals surface area contributed by atoms with Crippen LogP contribution in [0.4, 0.5) is 34.1 Å². The second-order valence-electron chi connectivity index (χ2n) is 25.0. The average Bonchev–Trinajstić information content (AvgIpc) is 3.68. The van der Waals surface area contributed by atoms with Crippen molar-refractivity contribution >= 4 is 78.8 Å². The van der Waals surface area contributed by atoms with Gasteiger partial charge in [-0.05, 0) is 113 Å². The van der Waals surface area contributed by atoms with Crippen LogP contribution in [0.5, 0.6) is 0 Å². The van der Waals surface area contributed by atoms with E-state index in [1.54, 1.807) is 0 Å². The van der Waals surface area contributed by atoms with E-state index in [-0.39, 0.29) is 33.8 Å². The lowest BCUT2D eigenvalue weighted by Crippen LogP contribution is -2.55. The van der Waals surface area contributed by atoms with Crippen LogP contribution < -0.4 is 26.2 Å². The van der Waals surface area contributed by atoms with Gasteiger partial charge in [0.25, 0.3) is 0 Å². The van der Waals surface area contributed by atoms with Gasteiger partial charge in [-0.3, -0.25) is 0 Å². The third-order valence-electron chi connectivity index (χ3n) is 16.7. The zero-order chi connectivity index (χ0) is 49.7. The number of hydrogen-bond donors (Lipinski definition) is 0. The van der Waals surface area contributed by atoms with Gasteiger partial charge < -0.3 is 9.80 Å². The molecule has 2 nitrogen and oxygen atoms in total. The Hall–Kier alpha value is -6.84. The van der Waals surface area contributed by atoms with Crippen LogP contribution in [-0.4, -0.2) is 6.71 Å². The summed E-state index contributed by atoms with van der Waals surface area (Å²) in [7, 11) is 0. The number of rotatable bonds is 3. The molecule has 71 heavy (non-hydrogen) atoms. The van der Waals surface area contributed by atoms with Gasteiger partial charge >= 0.3 is 0 Å². The average molecular weight is 923 g/mol. The maximum absolute atomic E-state index is 2.59.